The van der Waals surface area contributed by atoms with Gasteiger partial charge in [-0.05, 0) is 41.5 Å². The second kappa shape index (κ2) is 8.88. The molecule has 0 radical (unpaired) electrons. The highest BCUT2D eigenvalue weighted by molar-refractivity contribution is 7.89. The van der Waals surface area contributed by atoms with Crippen molar-refractivity contribution in [2.45, 2.75) is 5.03 Å². The summed E-state index contributed by atoms with van der Waals surface area (Å²) in [6.45, 7) is 0.630. The van der Waals surface area contributed by atoms with Crippen molar-refractivity contribution in [3.63, 3.8) is 0 Å². The first-order valence-electron chi connectivity index (χ1n) is 10.8. The van der Waals surface area contributed by atoms with Crippen LogP contribution in [0, 0.1) is 5.21 Å². The second-order valence-corrected chi connectivity index (χ2v) is 10.5. The molecule has 1 aliphatic rings. The van der Waals surface area contributed by atoms with Gasteiger partial charge in [0, 0.05) is 54.3 Å². The van der Waals surface area contributed by atoms with Crippen LogP contribution in [-0.4, -0.2) is 59.8 Å². The molecule has 2 aromatic heterocycles. The van der Waals surface area contributed by atoms with Crippen LogP contribution in [0.3, 0.4) is 0 Å². The van der Waals surface area contributed by atoms with Gasteiger partial charge in [0.1, 0.15) is 0 Å². The van der Waals surface area contributed by atoms with E-state index in [1.807, 2.05) is 12.1 Å². The Morgan fingerprint density at radius 3 is 2.26 bits per heavy atom. The molecule has 5 rings (SSSR count). The van der Waals surface area contributed by atoms with Crippen LogP contribution in [-0.2, 0) is 10.0 Å². The second-order valence-electron chi connectivity index (χ2n) is 8.21. The van der Waals surface area contributed by atoms with Crippen LogP contribution >= 0.6 is 11.6 Å². The van der Waals surface area contributed by atoms with Crippen LogP contribution in [0.2, 0.25) is 5.02 Å². The minimum absolute atomic E-state index is 0.0981. The predicted octanol–water partition coefficient (Wildman–Crippen LogP) is 2.97. The summed E-state index contributed by atoms with van der Waals surface area (Å²) in [6, 6.07) is 15.2. The predicted molar refractivity (Wildman–Crippen MR) is 130 cm³/mol. The fourth-order valence-corrected chi connectivity index (χ4v) is 5.83. The number of amides is 1. The van der Waals surface area contributed by atoms with Gasteiger partial charge in [-0.15, -0.1) is 0 Å². The van der Waals surface area contributed by atoms with E-state index in [4.69, 9.17) is 11.6 Å². The van der Waals surface area contributed by atoms with Gasteiger partial charge in [0.15, 0.2) is 23.2 Å². The Hall–Kier alpha value is -3.60. The Morgan fingerprint density at radius 2 is 1.60 bits per heavy atom. The molecule has 0 aliphatic carbocycles. The Morgan fingerprint density at radius 1 is 0.971 bits per heavy atom. The van der Waals surface area contributed by atoms with Crippen molar-refractivity contribution in [3.05, 3.63) is 82.8 Å². The third-order valence-electron chi connectivity index (χ3n) is 6.09. The van der Waals surface area contributed by atoms with E-state index in [1.54, 1.807) is 41.3 Å². The molecule has 2 N–H and O–H groups in total. The standard InChI is InChI=1S/C24H21ClN4O5S/c25-19-5-6-21-20(15-19)22(30)23(26-21)35(33,34)29-13-11-27(12-14-29)24(31)18-3-1-16(2-4-18)17-7-9-28(32)10-8-17/h1-10,15,26,30H,11-14H2. The van der Waals surface area contributed by atoms with Gasteiger partial charge in [0.05, 0.1) is 5.52 Å². The van der Waals surface area contributed by atoms with Gasteiger partial charge in [-0.1, -0.05) is 23.7 Å². The quantitative estimate of drug-likeness (QED) is 0.322. The number of sulfonamides is 1. The molecule has 35 heavy (non-hydrogen) atoms. The lowest BCUT2D eigenvalue weighted by atomic mass is 10.0. The van der Waals surface area contributed by atoms with Crippen LogP contribution in [0.15, 0.2) is 72.0 Å². The van der Waals surface area contributed by atoms with Crippen molar-refractivity contribution < 1.29 is 23.0 Å². The summed E-state index contributed by atoms with van der Waals surface area (Å²) in [6.07, 6.45) is 2.82. The number of piperazine rings is 1. The van der Waals surface area contributed by atoms with E-state index in [0.717, 1.165) is 11.1 Å². The van der Waals surface area contributed by atoms with Gasteiger partial charge < -0.3 is 20.2 Å². The van der Waals surface area contributed by atoms with Crippen molar-refractivity contribution in [2.75, 3.05) is 26.2 Å². The van der Waals surface area contributed by atoms with E-state index in [9.17, 15) is 23.5 Å². The number of benzene rings is 2. The Balaban J connectivity index is 1.28. The number of rotatable bonds is 4. The van der Waals surface area contributed by atoms with Crippen LogP contribution in [0.1, 0.15) is 10.4 Å². The van der Waals surface area contributed by atoms with E-state index >= 15 is 0 Å². The Bertz CT molecular complexity index is 1510. The fraction of sp³-hybridized carbons (Fsp3) is 0.167. The zero-order valence-corrected chi connectivity index (χ0v) is 20.0. The first kappa shape index (κ1) is 23.2. The number of fused-ring (bicyclic) bond motifs is 1. The van der Waals surface area contributed by atoms with Gasteiger partial charge in [0.2, 0.25) is 0 Å². The van der Waals surface area contributed by atoms with Crippen LogP contribution in [0.4, 0.5) is 0 Å². The number of pyridine rings is 1. The number of hydrogen-bond acceptors (Lipinski definition) is 5. The first-order chi connectivity index (χ1) is 16.7. The normalized spacial score (nSPS) is 14.9. The van der Waals surface area contributed by atoms with Gasteiger partial charge in [-0.3, -0.25) is 4.79 Å². The number of carbonyl (C=O) groups is 1. The Kier molecular flexibility index (Phi) is 5.87. The summed E-state index contributed by atoms with van der Waals surface area (Å²) in [5, 5.41) is 22.2. The molecular formula is C24H21ClN4O5S. The molecule has 4 aromatic rings. The van der Waals surface area contributed by atoms with E-state index in [0.29, 0.717) is 26.2 Å². The van der Waals surface area contributed by atoms with E-state index < -0.39 is 10.0 Å². The molecule has 2 aromatic carbocycles. The fourth-order valence-electron chi connectivity index (χ4n) is 4.17. The van der Waals surface area contributed by atoms with Gasteiger partial charge in [-0.25, -0.2) is 8.42 Å². The highest BCUT2D eigenvalue weighted by Crippen LogP contribution is 2.35. The summed E-state index contributed by atoms with van der Waals surface area (Å²) in [5.41, 5.74) is 2.69. The molecular weight excluding hydrogens is 492 g/mol. The highest BCUT2D eigenvalue weighted by Gasteiger charge is 2.34. The first-order valence-corrected chi connectivity index (χ1v) is 12.6. The van der Waals surface area contributed by atoms with Crippen molar-refractivity contribution in [1.82, 2.24) is 14.2 Å². The average molecular weight is 513 g/mol. The number of aromatic hydroxyl groups is 1. The lowest BCUT2D eigenvalue weighted by molar-refractivity contribution is -0.605. The molecule has 0 saturated carbocycles. The number of halogens is 1. The molecule has 0 spiro atoms. The smallest absolute Gasteiger partial charge is 0.262 e. The summed E-state index contributed by atoms with van der Waals surface area (Å²) >= 11 is 5.97. The third-order valence-corrected chi connectivity index (χ3v) is 8.18. The van der Waals surface area contributed by atoms with Crippen LogP contribution in [0.25, 0.3) is 22.0 Å². The minimum Gasteiger partial charge on any atom is -0.619 e. The molecule has 0 bridgehead atoms. The molecule has 0 unspecified atom stereocenters. The molecule has 1 amide bonds. The molecule has 1 saturated heterocycles. The number of hydrogen-bond donors (Lipinski definition) is 2. The lowest BCUT2D eigenvalue weighted by Crippen LogP contribution is -2.50. The minimum atomic E-state index is -4.00. The average Bonchev–Trinajstić information content (AvgIpc) is 3.20. The SMILES string of the molecule is O=C(c1ccc(-c2cc[n+]([O-])cc2)cc1)N1CCN(S(=O)(=O)c2[nH]c3ccc(Cl)cc3c2O)CC1. The number of aromatic nitrogens is 2. The van der Waals surface area contributed by atoms with E-state index in [1.165, 1.54) is 22.8 Å². The molecule has 0 atom stereocenters. The maximum Gasteiger partial charge on any atom is 0.262 e. The number of aromatic amines is 1. The molecule has 11 heteroatoms. The number of H-pyrrole nitrogens is 1. The van der Waals surface area contributed by atoms with Crippen LogP contribution < -0.4 is 4.73 Å². The summed E-state index contributed by atoms with van der Waals surface area (Å²) < 4.78 is 28.3. The maximum absolute atomic E-state index is 13.2. The largest absolute Gasteiger partial charge is 0.619 e. The molecule has 1 aliphatic heterocycles. The summed E-state index contributed by atoms with van der Waals surface area (Å²) in [7, 11) is -4.00. The number of carbonyl (C=O) groups excluding carboxylic acids is 1. The van der Waals surface area contributed by atoms with E-state index in [-0.39, 0.29) is 42.9 Å². The maximum atomic E-state index is 13.2. The monoisotopic (exact) mass is 512 g/mol. The highest BCUT2D eigenvalue weighted by atomic mass is 35.5. The Labute approximate surface area is 206 Å². The lowest BCUT2D eigenvalue weighted by Gasteiger charge is -2.33. The topological polar surface area (TPSA) is 121 Å². The third kappa shape index (κ3) is 4.31. The molecule has 180 valence electrons. The van der Waals surface area contributed by atoms with Crippen molar-refractivity contribution >= 4 is 38.4 Å². The van der Waals surface area contributed by atoms with Crippen molar-refractivity contribution in [1.29, 1.82) is 0 Å². The summed E-state index contributed by atoms with van der Waals surface area (Å²) in [4.78, 5) is 17.4. The zero-order valence-electron chi connectivity index (χ0n) is 18.4. The number of nitrogens with one attached hydrogen (secondary N) is 1. The number of nitrogens with zero attached hydrogens (tertiary/aromatic N) is 3. The van der Waals surface area contributed by atoms with Gasteiger partial charge >= 0.3 is 0 Å². The van der Waals surface area contributed by atoms with E-state index in [2.05, 4.69) is 4.98 Å². The summed E-state index contributed by atoms with van der Waals surface area (Å²) in [5.74, 6) is -0.563. The molecule has 1 fully saturated rings. The van der Waals surface area contributed by atoms with Gasteiger partial charge in [0.25, 0.3) is 15.9 Å². The van der Waals surface area contributed by atoms with Crippen molar-refractivity contribution in [3.8, 4) is 16.9 Å². The van der Waals surface area contributed by atoms with Crippen molar-refractivity contribution in [2.24, 2.45) is 0 Å². The molecule has 3 heterocycles. The zero-order chi connectivity index (χ0) is 24.7. The molecule has 9 nitrogen and oxygen atoms in total. The van der Waals surface area contributed by atoms with Crippen LogP contribution in [0.5, 0.6) is 5.75 Å². The van der Waals surface area contributed by atoms with Gasteiger partial charge in [-0.2, -0.15) is 9.04 Å².